The zero-order valence-corrected chi connectivity index (χ0v) is 44.7. The summed E-state index contributed by atoms with van der Waals surface area (Å²) in [6.45, 7) is 15.3. The highest BCUT2D eigenvalue weighted by Crippen LogP contribution is 2.56. The number of nitrogens with zero attached hydrogens (tertiary/aromatic N) is 3. The fourth-order valence-electron chi connectivity index (χ4n) is 13.1. The standard InChI is InChI=1S/C56H77ClN8O6S/c1-7-72(67,68)63-39-16-22-49(44(29-39)46-33-64(6)34-48-43(46)23-26-59-48)70-41-20-18-40(19-21-41)69-35-36-24-27-65(28-25-36)54-60-32-45(50(61-54)37-13-11-9-8-10-12-14-37)51(66)62-52-55(2,3)53(56(52,4)5)71-42-17-15-38(31-58)47(57)30-42/h15-22,29-30,33,36-37,43,45,48,50,52-54,59-61,63H,7-14,23-28,32,34-35H2,1-6H3,(H,62,66). The number of rotatable bonds is 15. The van der Waals surface area contributed by atoms with Gasteiger partial charge in [0.2, 0.25) is 15.9 Å². The number of carbonyl (C=O) groups excluding carboxylic acids is 1. The quantitative estimate of drug-likeness (QED) is 0.0982. The van der Waals surface area contributed by atoms with E-state index in [0.717, 1.165) is 75.2 Å². The maximum atomic E-state index is 14.6. The smallest absolute Gasteiger partial charge is 0.232 e. The third-order valence-corrected chi connectivity index (χ3v) is 18.5. The molecule has 5 fully saturated rings. The summed E-state index contributed by atoms with van der Waals surface area (Å²) in [6, 6.07) is 20.9. The van der Waals surface area contributed by atoms with E-state index in [1.807, 2.05) is 36.4 Å². The molecule has 3 aromatic carbocycles. The molecule has 14 nitrogen and oxygen atoms in total. The molecule has 0 spiro atoms. The zero-order valence-electron chi connectivity index (χ0n) is 43.1. The van der Waals surface area contributed by atoms with Gasteiger partial charge in [-0.2, -0.15) is 5.26 Å². The van der Waals surface area contributed by atoms with Gasteiger partial charge in [0.25, 0.3) is 0 Å². The molecule has 5 N–H and O–H groups in total. The lowest BCUT2D eigenvalue weighted by Gasteiger charge is -2.63. The number of carbonyl (C=O) groups is 1. The molecule has 5 atom stereocenters. The molecule has 16 heteroatoms. The number of hydrogen-bond acceptors (Lipinski definition) is 12. The van der Waals surface area contributed by atoms with Crippen LogP contribution in [0.3, 0.4) is 0 Å². The van der Waals surface area contributed by atoms with Crippen LogP contribution >= 0.6 is 11.6 Å². The molecule has 4 aliphatic heterocycles. The number of likely N-dealkylation sites (N-methyl/N-ethyl adjacent to an activating group) is 1. The lowest BCUT2D eigenvalue weighted by atomic mass is 9.49. The molecule has 0 radical (unpaired) electrons. The fourth-order valence-corrected chi connectivity index (χ4v) is 14.0. The van der Waals surface area contributed by atoms with Crippen LogP contribution in [0.5, 0.6) is 23.0 Å². The Hall–Kier alpha value is -4.56. The molecule has 2 aliphatic carbocycles. The average molecular weight is 1030 g/mol. The van der Waals surface area contributed by atoms with Crippen LogP contribution in [0.15, 0.2) is 66.9 Å². The molecular weight excluding hydrogens is 948 g/mol. The highest BCUT2D eigenvalue weighted by molar-refractivity contribution is 7.92. The van der Waals surface area contributed by atoms with Gasteiger partial charge in [-0.15, -0.1) is 0 Å². The second kappa shape index (κ2) is 22.1. The Kier molecular flexibility index (Phi) is 16.1. The van der Waals surface area contributed by atoms with Crippen LogP contribution in [0.25, 0.3) is 5.57 Å². The van der Waals surface area contributed by atoms with Crippen molar-refractivity contribution in [3.05, 3.63) is 83.0 Å². The molecule has 0 aromatic heterocycles. The first kappa shape index (κ1) is 52.3. The van der Waals surface area contributed by atoms with Gasteiger partial charge in [-0.05, 0) is 118 Å². The highest BCUT2D eigenvalue weighted by Gasteiger charge is 2.64. The molecule has 5 unspecified atom stereocenters. The molecule has 72 heavy (non-hydrogen) atoms. The average Bonchev–Trinajstić information content (AvgIpc) is 3.83. The number of benzene rings is 3. The molecule has 3 aromatic rings. The molecule has 2 saturated carbocycles. The summed E-state index contributed by atoms with van der Waals surface area (Å²) >= 11 is 6.37. The van der Waals surface area contributed by atoms with Gasteiger partial charge in [0.1, 0.15) is 41.5 Å². The summed E-state index contributed by atoms with van der Waals surface area (Å²) in [5, 5.41) is 24.8. The van der Waals surface area contributed by atoms with Crippen LogP contribution in [-0.4, -0.2) is 107 Å². The van der Waals surface area contributed by atoms with E-state index in [0.29, 0.717) is 70.5 Å². The summed E-state index contributed by atoms with van der Waals surface area (Å²) in [4.78, 5) is 19.3. The summed E-state index contributed by atoms with van der Waals surface area (Å²) in [7, 11) is -1.38. The minimum absolute atomic E-state index is 0.00329. The first-order valence-corrected chi connectivity index (χ1v) is 28.7. The number of sulfonamides is 1. The van der Waals surface area contributed by atoms with E-state index >= 15 is 0 Å². The molecule has 4 heterocycles. The Morgan fingerprint density at radius 3 is 2.28 bits per heavy atom. The number of piperidine rings is 1. The van der Waals surface area contributed by atoms with E-state index in [1.165, 1.54) is 32.1 Å². The summed E-state index contributed by atoms with van der Waals surface area (Å²) in [5.74, 6) is 3.80. The van der Waals surface area contributed by atoms with Crippen molar-refractivity contribution < 1.29 is 27.4 Å². The number of halogens is 1. The first-order chi connectivity index (χ1) is 34.5. The van der Waals surface area contributed by atoms with Crippen molar-refractivity contribution in [3.8, 4) is 29.1 Å². The number of anilines is 1. The minimum Gasteiger partial charge on any atom is -0.493 e. The largest absolute Gasteiger partial charge is 0.493 e. The number of likely N-dealkylation sites (tertiary alicyclic amines) is 1. The van der Waals surface area contributed by atoms with Crippen LogP contribution < -0.4 is 40.2 Å². The SMILES string of the molecule is CCS(=O)(=O)Nc1ccc(Oc2ccc(OCC3CCN(C4NCC(C(=O)NC5C(C)(C)C(Oc6ccc(C#N)c(Cl)c6)C5(C)C)C(C5CCCCCCC5)N4)CC3)cc2)c(C2=CN(C)CC3NCCC23)c1. The maximum Gasteiger partial charge on any atom is 0.232 e. The van der Waals surface area contributed by atoms with Crippen molar-refractivity contribution in [1.29, 1.82) is 5.26 Å². The van der Waals surface area contributed by atoms with E-state index in [2.05, 4.69) is 82.8 Å². The monoisotopic (exact) mass is 1020 g/mol. The molecular formula is C56H77ClN8O6S. The number of nitrogens with one attached hydrogen (secondary N) is 5. The van der Waals surface area contributed by atoms with E-state index in [1.54, 1.807) is 31.2 Å². The lowest BCUT2D eigenvalue weighted by Crippen LogP contribution is -2.76. The van der Waals surface area contributed by atoms with E-state index in [4.69, 9.17) is 25.8 Å². The van der Waals surface area contributed by atoms with Crippen molar-refractivity contribution in [1.82, 2.24) is 31.1 Å². The maximum absolute atomic E-state index is 14.6. The van der Waals surface area contributed by atoms with Gasteiger partial charge in [-0.3, -0.25) is 25.1 Å². The van der Waals surface area contributed by atoms with Gasteiger partial charge in [0.15, 0.2) is 0 Å². The zero-order chi connectivity index (χ0) is 50.8. The first-order valence-electron chi connectivity index (χ1n) is 26.6. The second-order valence-corrected chi connectivity index (χ2v) is 25.0. The molecule has 9 rings (SSSR count). The predicted molar refractivity (Wildman–Crippen MR) is 284 cm³/mol. The van der Waals surface area contributed by atoms with E-state index in [9.17, 15) is 18.5 Å². The van der Waals surface area contributed by atoms with Crippen LogP contribution in [0.1, 0.15) is 110 Å². The van der Waals surface area contributed by atoms with Gasteiger partial charge in [-0.25, -0.2) is 8.42 Å². The normalized spacial score (nSPS) is 28.0. The topological polar surface area (TPSA) is 169 Å². The third-order valence-electron chi connectivity index (χ3n) is 16.8. The highest BCUT2D eigenvalue weighted by atomic mass is 35.5. The molecule has 0 bridgehead atoms. The third kappa shape index (κ3) is 11.5. The van der Waals surface area contributed by atoms with Gasteiger partial charge in [0, 0.05) is 91.6 Å². The number of hydrogen-bond donors (Lipinski definition) is 5. The van der Waals surface area contributed by atoms with Gasteiger partial charge in [0.05, 0.1) is 28.9 Å². The molecule has 1 amide bonds. The molecule has 3 saturated heterocycles. The Bertz CT molecular complexity index is 2560. The van der Waals surface area contributed by atoms with Crippen LogP contribution in [0, 0.1) is 45.8 Å². The van der Waals surface area contributed by atoms with E-state index in [-0.39, 0.29) is 52.9 Å². The predicted octanol–water partition coefficient (Wildman–Crippen LogP) is 8.94. The number of amides is 1. The Morgan fingerprint density at radius 2 is 1.58 bits per heavy atom. The Labute approximate surface area is 433 Å². The van der Waals surface area contributed by atoms with Crippen molar-refractivity contribution in [3.63, 3.8) is 0 Å². The molecule has 6 aliphatic rings. The van der Waals surface area contributed by atoms with Crippen molar-refractivity contribution >= 4 is 38.8 Å². The molecule has 390 valence electrons. The van der Waals surface area contributed by atoms with E-state index < -0.39 is 10.0 Å². The Morgan fingerprint density at radius 1 is 0.889 bits per heavy atom. The lowest BCUT2D eigenvalue weighted by molar-refractivity contribution is -0.175. The summed E-state index contributed by atoms with van der Waals surface area (Å²) in [6.07, 6.45) is 13.5. The van der Waals surface area contributed by atoms with Crippen molar-refractivity contribution in [2.45, 2.75) is 129 Å². The van der Waals surface area contributed by atoms with Gasteiger partial charge >= 0.3 is 0 Å². The van der Waals surface area contributed by atoms with Crippen molar-refractivity contribution in [2.24, 2.45) is 34.5 Å². The Balaban J connectivity index is 0.797. The number of fused-ring (bicyclic) bond motifs is 1. The minimum atomic E-state index is -3.45. The summed E-state index contributed by atoms with van der Waals surface area (Å²) in [5.41, 5.74) is 2.27. The van der Waals surface area contributed by atoms with Crippen LogP contribution in [-0.2, 0) is 14.8 Å². The number of nitriles is 1. The fraction of sp³-hybridized carbons (Fsp3) is 0.607. The summed E-state index contributed by atoms with van der Waals surface area (Å²) < 4.78 is 47.3. The van der Waals surface area contributed by atoms with Gasteiger partial charge in [-0.1, -0.05) is 71.4 Å². The second-order valence-electron chi connectivity index (χ2n) is 22.6. The van der Waals surface area contributed by atoms with Crippen molar-refractivity contribution in [2.75, 3.05) is 56.9 Å². The number of ether oxygens (including phenoxy) is 3. The van der Waals surface area contributed by atoms with Crippen LogP contribution in [0.4, 0.5) is 5.69 Å². The van der Waals surface area contributed by atoms with Gasteiger partial charge < -0.3 is 29.7 Å². The van der Waals surface area contributed by atoms with Crippen LogP contribution in [0.2, 0.25) is 5.02 Å².